The number of piperidine rings is 1. The first-order valence-corrected chi connectivity index (χ1v) is 7.08. The highest BCUT2D eigenvalue weighted by molar-refractivity contribution is 7.89. The Kier molecular flexibility index (Phi) is 4.30. The molecule has 0 aromatic carbocycles. The first kappa shape index (κ1) is 13.4. The fourth-order valence-electron chi connectivity index (χ4n) is 1.97. The van der Waals surface area contributed by atoms with E-state index >= 15 is 0 Å². The first-order chi connectivity index (χ1) is 7.43. The SMILES string of the molecule is CCC1CN(S(=O)(=O)C(C)C#N)CCC1N. The minimum Gasteiger partial charge on any atom is -0.327 e. The highest BCUT2D eigenvalue weighted by Crippen LogP contribution is 2.22. The number of rotatable bonds is 3. The molecule has 0 spiro atoms. The van der Waals surface area contributed by atoms with Gasteiger partial charge in [-0.05, 0) is 19.3 Å². The number of hydrogen-bond donors (Lipinski definition) is 1. The van der Waals surface area contributed by atoms with Crippen molar-refractivity contribution in [3.8, 4) is 6.07 Å². The lowest BCUT2D eigenvalue weighted by molar-refractivity contribution is 0.230. The van der Waals surface area contributed by atoms with E-state index in [4.69, 9.17) is 11.0 Å². The van der Waals surface area contributed by atoms with Crippen LogP contribution in [0.5, 0.6) is 0 Å². The lowest BCUT2D eigenvalue weighted by Gasteiger charge is -2.36. The molecule has 92 valence electrons. The maximum atomic E-state index is 11.9. The topological polar surface area (TPSA) is 87.2 Å². The molecule has 1 saturated heterocycles. The largest absolute Gasteiger partial charge is 0.327 e. The molecule has 5 nitrogen and oxygen atoms in total. The van der Waals surface area contributed by atoms with Crippen molar-refractivity contribution in [2.45, 2.75) is 38.0 Å². The van der Waals surface area contributed by atoms with E-state index in [1.165, 1.54) is 11.2 Å². The molecule has 0 radical (unpaired) electrons. The Labute approximate surface area is 97.3 Å². The summed E-state index contributed by atoms with van der Waals surface area (Å²) in [7, 11) is -3.46. The second-order valence-electron chi connectivity index (χ2n) is 4.30. The van der Waals surface area contributed by atoms with Crippen LogP contribution in [0.4, 0.5) is 0 Å². The highest BCUT2D eigenvalue weighted by Gasteiger charge is 2.35. The fourth-order valence-corrected chi connectivity index (χ4v) is 3.31. The van der Waals surface area contributed by atoms with Crippen molar-refractivity contribution in [2.75, 3.05) is 13.1 Å². The molecule has 16 heavy (non-hydrogen) atoms. The Hall–Kier alpha value is -0.640. The molecule has 0 aromatic rings. The zero-order valence-electron chi connectivity index (χ0n) is 9.76. The van der Waals surface area contributed by atoms with Gasteiger partial charge in [0.15, 0.2) is 5.25 Å². The van der Waals surface area contributed by atoms with E-state index < -0.39 is 15.3 Å². The summed E-state index contributed by atoms with van der Waals surface area (Å²) in [6.45, 7) is 4.32. The third-order valence-corrected chi connectivity index (χ3v) is 5.32. The predicted molar refractivity (Wildman–Crippen MR) is 61.9 cm³/mol. The Morgan fingerprint density at radius 2 is 2.25 bits per heavy atom. The molecule has 0 aromatic heterocycles. The van der Waals surface area contributed by atoms with E-state index in [2.05, 4.69) is 0 Å². The van der Waals surface area contributed by atoms with Gasteiger partial charge in [0.05, 0.1) is 6.07 Å². The van der Waals surface area contributed by atoms with Crippen molar-refractivity contribution in [2.24, 2.45) is 11.7 Å². The second-order valence-corrected chi connectivity index (χ2v) is 6.55. The van der Waals surface area contributed by atoms with Crippen LogP contribution in [0, 0.1) is 17.2 Å². The smallest absolute Gasteiger partial charge is 0.230 e. The number of nitrogens with two attached hydrogens (primary N) is 1. The van der Waals surface area contributed by atoms with Crippen LogP contribution in [0.1, 0.15) is 26.7 Å². The second kappa shape index (κ2) is 5.13. The summed E-state index contributed by atoms with van der Waals surface area (Å²) in [6, 6.07) is 1.86. The maximum Gasteiger partial charge on any atom is 0.230 e. The van der Waals surface area contributed by atoms with Gasteiger partial charge in [0.2, 0.25) is 10.0 Å². The van der Waals surface area contributed by atoms with E-state index in [1.807, 2.05) is 6.92 Å². The molecule has 6 heteroatoms. The lowest BCUT2D eigenvalue weighted by atomic mass is 9.92. The summed E-state index contributed by atoms with van der Waals surface area (Å²) in [5.41, 5.74) is 5.92. The van der Waals surface area contributed by atoms with Gasteiger partial charge < -0.3 is 5.73 Å². The molecule has 1 rings (SSSR count). The first-order valence-electron chi connectivity index (χ1n) is 5.57. The van der Waals surface area contributed by atoms with Crippen molar-refractivity contribution in [1.82, 2.24) is 4.31 Å². The van der Waals surface area contributed by atoms with Gasteiger partial charge in [-0.2, -0.15) is 5.26 Å². The Balaban J connectivity index is 2.81. The molecule has 1 aliphatic rings. The van der Waals surface area contributed by atoms with E-state index in [0.29, 0.717) is 19.5 Å². The third-order valence-electron chi connectivity index (χ3n) is 3.27. The van der Waals surface area contributed by atoms with Crippen LogP contribution in [0.3, 0.4) is 0 Å². The Morgan fingerprint density at radius 3 is 2.75 bits per heavy atom. The summed E-state index contributed by atoms with van der Waals surface area (Å²) in [4.78, 5) is 0. The van der Waals surface area contributed by atoms with E-state index in [1.54, 1.807) is 6.07 Å². The molecule has 2 N–H and O–H groups in total. The average molecular weight is 245 g/mol. The monoisotopic (exact) mass is 245 g/mol. The van der Waals surface area contributed by atoms with E-state index in [-0.39, 0.29) is 12.0 Å². The average Bonchev–Trinajstić information content (AvgIpc) is 2.28. The third kappa shape index (κ3) is 2.54. The number of nitriles is 1. The fraction of sp³-hybridized carbons (Fsp3) is 0.900. The van der Waals surface area contributed by atoms with Gasteiger partial charge in [-0.3, -0.25) is 0 Å². The standard InChI is InChI=1S/C10H19N3O2S/c1-3-9-7-13(5-4-10(9)12)16(14,15)8(2)6-11/h8-10H,3-5,7,12H2,1-2H3. The van der Waals surface area contributed by atoms with E-state index in [0.717, 1.165) is 6.42 Å². The van der Waals surface area contributed by atoms with Crippen molar-refractivity contribution in [3.05, 3.63) is 0 Å². The molecule has 0 aliphatic carbocycles. The molecule has 0 saturated carbocycles. The molecule has 3 unspecified atom stereocenters. The van der Waals surface area contributed by atoms with Crippen LogP contribution in [0.25, 0.3) is 0 Å². The molecule has 1 aliphatic heterocycles. The number of hydrogen-bond acceptors (Lipinski definition) is 4. The van der Waals surface area contributed by atoms with Gasteiger partial charge in [0.1, 0.15) is 0 Å². The van der Waals surface area contributed by atoms with E-state index in [9.17, 15) is 8.42 Å². The molecular weight excluding hydrogens is 226 g/mol. The summed E-state index contributed by atoms with van der Waals surface area (Å²) >= 11 is 0. The van der Waals surface area contributed by atoms with Crippen LogP contribution < -0.4 is 5.73 Å². The van der Waals surface area contributed by atoms with Crippen molar-refractivity contribution in [1.29, 1.82) is 5.26 Å². The maximum absolute atomic E-state index is 11.9. The number of sulfonamides is 1. The summed E-state index contributed by atoms with van der Waals surface area (Å²) in [5.74, 6) is 0.203. The van der Waals surface area contributed by atoms with Crippen LogP contribution in [0.2, 0.25) is 0 Å². The van der Waals surface area contributed by atoms with Gasteiger partial charge in [-0.25, -0.2) is 12.7 Å². The molecule has 3 atom stereocenters. The van der Waals surface area contributed by atoms with Gasteiger partial charge in [-0.15, -0.1) is 0 Å². The highest BCUT2D eigenvalue weighted by atomic mass is 32.2. The number of nitrogens with zero attached hydrogens (tertiary/aromatic N) is 2. The van der Waals surface area contributed by atoms with Crippen LogP contribution >= 0.6 is 0 Å². The van der Waals surface area contributed by atoms with Gasteiger partial charge in [0, 0.05) is 19.1 Å². The van der Waals surface area contributed by atoms with Crippen molar-refractivity contribution in [3.63, 3.8) is 0 Å². The summed E-state index contributed by atoms with van der Waals surface area (Å²) in [6.07, 6.45) is 1.55. The zero-order valence-corrected chi connectivity index (χ0v) is 10.6. The minimum atomic E-state index is -3.46. The van der Waals surface area contributed by atoms with Crippen LogP contribution in [0.15, 0.2) is 0 Å². The normalized spacial score (nSPS) is 29.6. The van der Waals surface area contributed by atoms with Crippen LogP contribution in [-0.4, -0.2) is 37.1 Å². The minimum absolute atomic E-state index is 0.0776. The zero-order chi connectivity index (χ0) is 12.3. The molecule has 1 fully saturated rings. The molecule has 0 amide bonds. The lowest BCUT2D eigenvalue weighted by Crippen LogP contribution is -2.50. The van der Waals surface area contributed by atoms with Crippen LogP contribution in [-0.2, 0) is 10.0 Å². The van der Waals surface area contributed by atoms with Crippen molar-refractivity contribution < 1.29 is 8.42 Å². The predicted octanol–water partition coefficient (Wildman–Crippen LogP) is 0.287. The van der Waals surface area contributed by atoms with Gasteiger partial charge >= 0.3 is 0 Å². The Bertz CT molecular complexity index is 374. The van der Waals surface area contributed by atoms with Gasteiger partial charge in [-0.1, -0.05) is 13.3 Å². The molecule has 0 bridgehead atoms. The summed E-state index contributed by atoms with van der Waals surface area (Å²) < 4.78 is 25.3. The van der Waals surface area contributed by atoms with Crippen molar-refractivity contribution >= 4 is 10.0 Å². The van der Waals surface area contributed by atoms with Gasteiger partial charge in [0.25, 0.3) is 0 Å². The Morgan fingerprint density at radius 1 is 1.62 bits per heavy atom. The quantitative estimate of drug-likeness (QED) is 0.774. The molecular formula is C10H19N3O2S. The summed E-state index contributed by atoms with van der Waals surface area (Å²) in [5, 5.41) is 7.72. The molecule has 1 heterocycles.